The molecular weight excluding hydrogens is 218 g/mol. The average molecular weight is 237 g/mol. The molecule has 1 aromatic rings. The number of aldehydes is 1. The van der Waals surface area contributed by atoms with Gasteiger partial charge in [-0.15, -0.1) is 0 Å². The van der Waals surface area contributed by atoms with E-state index in [0.717, 1.165) is 19.3 Å². The van der Waals surface area contributed by atoms with Crippen LogP contribution in [0, 0.1) is 0 Å². The summed E-state index contributed by atoms with van der Waals surface area (Å²) in [5.41, 5.74) is 0. The van der Waals surface area contributed by atoms with Crippen LogP contribution in [0.25, 0.3) is 0 Å². The van der Waals surface area contributed by atoms with E-state index in [1.54, 1.807) is 0 Å². The molecule has 1 atom stereocenters. The predicted octanol–water partition coefficient (Wildman–Crippen LogP) is 1.23. The molecule has 0 aromatic carbocycles. The minimum atomic E-state index is 0.238. The topological polar surface area (TPSA) is 59.2 Å². The van der Waals surface area contributed by atoms with Crippen LogP contribution in [0.4, 0.5) is 0 Å². The first-order valence-corrected chi connectivity index (χ1v) is 6.21. The molecule has 1 fully saturated rings. The summed E-state index contributed by atoms with van der Waals surface area (Å²) in [5.74, 6) is 1.14. The highest BCUT2D eigenvalue weighted by molar-refractivity contribution is 5.52. The lowest BCUT2D eigenvalue weighted by Crippen LogP contribution is -2.36. The third-order valence-electron chi connectivity index (χ3n) is 3.27. The van der Waals surface area contributed by atoms with Gasteiger partial charge in [-0.2, -0.15) is 4.98 Å². The van der Waals surface area contributed by atoms with Gasteiger partial charge in [-0.05, 0) is 33.2 Å². The summed E-state index contributed by atoms with van der Waals surface area (Å²) in [6.45, 7) is 5.57. The van der Waals surface area contributed by atoms with E-state index in [0.29, 0.717) is 23.8 Å². The maximum Gasteiger partial charge on any atom is 0.228 e. The van der Waals surface area contributed by atoms with Crippen LogP contribution < -0.4 is 0 Å². The van der Waals surface area contributed by atoms with Crippen molar-refractivity contribution >= 4 is 6.29 Å². The maximum absolute atomic E-state index is 10.3. The smallest absolute Gasteiger partial charge is 0.228 e. The molecular formula is C12H19N3O2. The number of nitrogens with zero attached hydrogens (tertiary/aromatic N) is 3. The maximum atomic E-state index is 10.3. The van der Waals surface area contributed by atoms with Crippen LogP contribution in [0.15, 0.2) is 4.52 Å². The normalized spacial score (nSPS) is 21.2. The van der Waals surface area contributed by atoms with Crippen LogP contribution >= 0.6 is 0 Å². The van der Waals surface area contributed by atoms with Gasteiger partial charge in [-0.3, -0.25) is 4.90 Å². The molecule has 1 unspecified atom stereocenters. The van der Waals surface area contributed by atoms with Crippen molar-refractivity contribution in [1.82, 2.24) is 15.0 Å². The minimum Gasteiger partial charge on any atom is -0.339 e. The molecule has 2 heterocycles. The number of likely N-dealkylation sites (tertiary alicyclic amines) is 1. The van der Waals surface area contributed by atoms with E-state index in [-0.39, 0.29) is 6.42 Å². The van der Waals surface area contributed by atoms with E-state index in [1.807, 2.05) is 0 Å². The van der Waals surface area contributed by atoms with Gasteiger partial charge in [0.05, 0.1) is 6.42 Å². The quantitative estimate of drug-likeness (QED) is 0.721. The van der Waals surface area contributed by atoms with Gasteiger partial charge >= 0.3 is 0 Å². The molecule has 1 aliphatic rings. The third kappa shape index (κ3) is 2.91. The molecule has 0 N–H and O–H groups in total. The highest BCUT2D eigenvalue weighted by Gasteiger charge is 2.28. The zero-order valence-electron chi connectivity index (χ0n) is 10.4. The van der Waals surface area contributed by atoms with Crippen LogP contribution in [0.3, 0.4) is 0 Å². The standard InChI is InChI=1S/C12H19N3O2/c1-9(2)15-6-3-4-10(15)8-12-13-11(5-7-16)14-17-12/h7,9-10H,3-6,8H2,1-2H3. The van der Waals surface area contributed by atoms with Crippen molar-refractivity contribution in [2.45, 2.75) is 51.6 Å². The molecule has 5 heteroatoms. The fraction of sp³-hybridized carbons (Fsp3) is 0.750. The lowest BCUT2D eigenvalue weighted by molar-refractivity contribution is -0.107. The highest BCUT2D eigenvalue weighted by atomic mass is 16.5. The lowest BCUT2D eigenvalue weighted by atomic mass is 10.1. The average Bonchev–Trinajstić information content (AvgIpc) is 2.89. The molecule has 1 saturated heterocycles. The Bertz CT molecular complexity index is 376. The summed E-state index contributed by atoms with van der Waals surface area (Å²) in [5, 5.41) is 3.78. The monoisotopic (exact) mass is 237 g/mol. The highest BCUT2D eigenvalue weighted by Crippen LogP contribution is 2.22. The molecule has 0 aliphatic carbocycles. The lowest BCUT2D eigenvalue weighted by Gasteiger charge is -2.27. The second kappa shape index (κ2) is 5.40. The molecule has 1 aromatic heterocycles. The van der Waals surface area contributed by atoms with E-state index in [2.05, 4.69) is 28.9 Å². The Morgan fingerprint density at radius 1 is 1.59 bits per heavy atom. The zero-order chi connectivity index (χ0) is 12.3. The molecule has 0 saturated carbocycles. The molecule has 0 bridgehead atoms. The summed E-state index contributed by atoms with van der Waals surface area (Å²) in [6.07, 6.45) is 4.25. The first-order chi connectivity index (χ1) is 8.20. The Labute approximate surface area is 101 Å². The first-order valence-electron chi connectivity index (χ1n) is 6.21. The number of carbonyl (C=O) groups is 1. The van der Waals surface area contributed by atoms with Crippen molar-refractivity contribution in [3.05, 3.63) is 11.7 Å². The van der Waals surface area contributed by atoms with Crippen LogP contribution in [0.2, 0.25) is 0 Å². The molecule has 0 amide bonds. The van der Waals surface area contributed by atoms with E-state index in [4.69, 9.17) is 4.52 Å². The van der Waals surface area contributed by atoms with Gasteiger partial charge in [0.25, 0.3) is 0 Å². The minimum absolute atomic E-state index is 0.238. The zero-order valence-corrected chi connectivity index (χ0v) is 10.4. The van der Waals surface area contributed by atoms with Crippen LogP contribution in [-0.2, 0) is 17.6 Å². The summed E-state index contributed by atoms with van der Waals surface area (Å²) in [7, 11) is 0. The Morgan fingerprint density at radius 3 is 3.12 bits per heavy atom. The van der Waals surface area contributed by atoms with Crippen LogP contribution in [0.1, 0.15) is 38.4 Å². The van der Waals surface area contributed by atoms with Crippen molar-refractivity contribution in [2.75, 3.05) is 6.54 Å². The summed E-state index contributed by atoms with van der Waals surface area (Å²) in [4.78, 5) is 17.0. The number of hydrogen-bond donors (Lipinski definition) is 0. The van der Waals surface area contributed by atoms with E-state index < -0.39 is 0 Å². The van der Waals surface area contributed by atoms with Gasteiger partial charge in [-0.25, -0.2) is 0 Å². The van der Waals surface area contributed by atoms with Gasteiger partial charge in [-0.1, -0.05) is 5.16 Å². The van der Waals surface area contributed by atoms with Crippen molar-refractivity contribution in [3.63, 3.8) is 0 Å². The van der Waals surface area contributed by atoms with Gasteiger partial charge in [0.1, 0.15) is 6.29 Å². The summed E-state index contributed by atoms with van der Waals surface area (Å²) in [6, 6.07) is 1.05. The van der Waals surface area contributed by atoms with Crippen LogP contribution in [0.5, 0.6) is 0 Å². The third-order valence-corrected chi connectivity index (χ3v) is 3.27. The van der Waals surface area contributed by atoms with Gasteiger partial charge < -0.3 is 9.32 Å². The van der Waals surface area contributed by atoms with Crippen molar-refractivity contribution in [1.29, 1.82) is 0 Å². The van der Waals surface area contributed by atoms with Crippen molar-refractivity contribution in [3.8, 4) is 0 Å². The Balaban J connectivity index is 1.97. The SMILES string of the molecule is CC(C)N1CCCC1Cc1nc(CC=O)no1. The molecule has 17 heavy (non-hydrogen) atoms. The Kier molecular flexibility index (Phi) is 3.89. The fourth-order valence-electron chi connectivity index (χ4n) is 2.49. The summed E-state index contributed by atoms with van der Waals surface area (Å²) >= 11 is 0. The van der Waals surface area contributed by atoms with Crippen molar-refractivity contribution in [2.24, 2.45) is 0 Å². The second-order valence-corrected chi connectivity index (χ2v) is 4.81. The molecule has 1 aliphatic heterocycles. The predicted molar refractivity (Wildman–Crippen MR) is 62.6 cm³/mol. The molecule has 94 valence electrons. The van der Waals surface area contributed by atoms with E-state index in [9.17, 15) is 4.79 Å². The number of carbonyl (C=O) groups excluding carboxylic acids is 1. The molecule has 0 radical (unpaired) electrons. The molecule has 0 spiro atoms. The number of rotatable bonds is 5. The van der Waals surface area contributed by atoms with E-state index >= 15 is 0 Å². The van der Waals surface area contributed by atoms with Crippen LogP contribution in [-0.4, -0.2) is 40.0 Å². The van der Waals surface area contributed by atoms with Gasteiger partial charge in [0, 0.05) is 18.5 Å². The number of hydrogen-bond acceptors (Lipinski definition) is 5. The first kappa shape index (κ1) is 12.2. The van der Waals surface area contributed by atoms with Crippen molar-refractivity contribution < 1.29 is 9.32 Å². The van der Waals surface area contributed by atoms with E-state index in [1.165, 1.54) is 12.8 Å². The Hall–Kier alpha value is -1.23. The number of aromatic nitrogens is 2. The Morgan fingerprint density at radius 2 is 2.41 bits per heavy atom. The largest absolute Gasteiger partial charge is 0.339 e. The molecule has 2 rings (SSSR count). The summed E-state index contributed by atoms with van der Waals surface area (Å²) < 4.78 is 5.16. The second-order valence-electron chi connectivity index (χ2n) is 4.81. The van der Waals surface area contributed by atoms with Gasteiger partial charge in [0.15, 0.2) is 5.82 Å². The fourth-order valence-corrected chi connectivity index (χ4v) is 2.49. The van der Waals surface area contributed by atoms with Gasteiger partial charge in [0.2, 0.25) is 5.89 Å². The molecule has 5 nitrogen and oxygen atoms in total.